The summed E-state index contributed by atoms with van der Waals surface area (Å²) in [6.07, 6.45) is 0. The van der Waals surface area contributed by atoms with Crippen LogP contribution in [0.25, 0.3) is 0 Å². The molecule has 0 radical (unpaired) electrons. The number of carbonyl (C=O) groups excluding carboxylic acids is 1. The van der Waals surface area contributed by atoms with Crippen molar-refractivity contribution in [2.75, 3.05) is 11.9 Å². The van der Waals surface area contributed by atoms with E-state index >= 15 is 0 Å². The Balaban J connectivity index is 2.21. The molecule has 0 atom stereocenters. The normalized spacial score (nSPS) is 9.90. The van der Waals surface area contributed by atoms with E-state index in [4.69, 9.17) is 17.3 Å². The van der Waals surface area contributed by atoms with Gasteiger partial charge in [0, 0.05) is 10.7 Å². The van der Waals surface area contributed by atoms with E-state index in [1.807, 2.05) is 26.0 Å². The average Bonchev–Trinajstić information content (AvgIpc) is 2.81. The summed E-state index contributed by atoms with van der Waals surface area (Å²) in [5, 5.41) is 3.54. The van der Waals surface area contributed by atoms with E-state index in [0.29, 0.717) is 16.4 Å². The largest absolute Gasteiger partial charge is 0.321 e. The third kappa shape index (κ3) is 3.85. The summed E-state index contributed by atoms with van der Waals surface area (Å²) in [5.41, 5.74) is 8.03. The quantitative estimate of drug-likeness (QED) is 0.832. The van der Waals surface area contributed by atoms with Gasteiger partial charge >= 0.3 is 0 Å². The van der Waals surface area contributed by atoms with Gasteiger partial charge in [-0.05, 0) is 49.2 Å². The predicted octanol–water partition coefficient (Wildman–Crippen LogP) is 3.58. The minimum atomic E-state index is -0.144. The molecule has 2 rings (SSSR count). The molecule has 2 aromatic rings. The van der Waals surface area contributed by atoms with Gasteiger partial charge in [0.05, 0.1) is 16.3 Å². The summed E-state index contributed by atoms with van der Waals surface area (Å²) >= 11 is 7.28. The first kappa shape index (κ1) is 15.6. The zero-order valence-electron chi connectivity index (χ0n) is 11.8. The third-order valence-corrected chi connectivity index (χ3v) is 4.27. The van der Waals surface area contributed by atoms with Crippen LogP contribution in [0.2, 0.25) is 5.02 Å². The van der Waals surface area contributed by atoms with Crippen molar-refractivity contribution in [3.05, 3.63) is 50.2 Å². The lowest BCUT2D eigenvalue weighted by atomic mass is 10.2. The van der Waals surface area contributed by atoms with E-state index < -0.39 is 0 Å². The molecular weight excluding hydrogens is 304 g/mol. The van der Waals surface area contributed by atoms with Crippen molar-refractivity contribution in [2.24, 2.45) is 5.73 Å². The molecule has 108 valence electrons. The first-order valence-electron chi connectivity index (χ1n) is 6.38. The molecule has 3 N–H and O–H groups in total. The molecule has 1 amide bonds. The number of aryl methyl sites for hydroxylation is 2. The molecule has 0 saturated carbocycles. The molecule has 1 heterocycles. The molecule has 0 bridgehead atoms. The fourth-order valence-electron chi connectivity index (χ4n) is 1.80. The van der Waals surface area contributed by atoms with Crippen LogP contribution in [0.3, 0.4) is 0 Å². The molecule has 0 unspecified atom stereocenters. The van der Waals surface area contributed by atoms with E-state index in [0.717, 1.165) is 21.7 Å². The van der Waals surface area contributed by atoms with Crippen LogP contribution in [0.1, 0.15) is 25.7 Å². The maximum absolute atomic E-state index is 12.3. The lowest BCUT2D eigenvalue weighted by Gasteiger charge is -2.07. The third-order valence-electron chi connectivity index (χ3n) is 2.88. The molecular formula is C16H15ClN2OS. The zero-order valence-corrected chi connectivity index (χ0v) is 13.4. The van der Waals surface area contributed by atoms with Crippen molar-refractivity contribution < 1.29 is 4.79 Å². The van der Waals surface area contributed by atoms with Crippen molar-refractivity contribution in [3.8, 4) is 11.8 Å². The van der Waals surface area contributed by atoms with Gasteiger partial charge in [0.1, 0.15) is 0 Å². The Morgan fingerprint density at radius 3 is 2.76 bits per heavy atom. The van der Waals surface area contributed by atoms with Gasteiger partial charge in [-0.1, -0.05) is 23.4 Å². The standard InChI is InChI=1S/C16H15ClN2OS/c1-10-8-12(17)5-6-13(10)19-16(20)15-9-11(2)14(21-15)4-3-7-18/h5-6,8-9H,7,18H2,1-2H3,(H,19,20). The number of nitrogens with two attached hydrogens (primary N) is 1. The summed E-state index contributed by atoms with van der Waals surface area (Å²) in [6, 6.07) is 7.20. The minimum absolute atomic E-state index is 0.144. The van der Waals surface area contributed by atoms with Gasteiger partial charge in [0.2, 0.25) is 0 Å². The van der Waals surface area contributed by atoms with Gasteiger partial charge < -0.3 is 11.1 Å². The summed E-state index contributed by atoms with van der Waals surface area (Å²) in [7, 11) is 0. The molecule has 0 aliphatic heterocycles. The van der Waals surface area contributed by atoms with Crippen LogP contribution in [0.4, 0.5) is 5.69 Å². The van der Waals surface area contributed by atoms with Crippen LogP contribution in [0.15, 0.2) is 24.3 Å². The second-order valence-electron chi connectivity index (χ2n) is 4.54. The zero-order chi connectivity index (χ0) is 15.4. The molecule has 0 fully saturated rings. The number of carbonyl (C=O) groups is 1. The number of benzene rings is 1. The number of thiophene rings is 1. The first-order valence-corrected chi connectivity index (χ1v) is 7.57. The van der Waals surface area contributed by atoms with Crippen LogP contribution >= 0.6 is 22.9 Å². The van der Waals surface area contributed by atoms with Crippen molar-refractivity contribution in [2.45, 2.75) is 13.8 Å². The Hall–Kier alpha value is -1.80. The highest BCUT2D eigenvalue weighted by Gasteiger charge is 2.12. The van der Waals surface area contributed by atoms with Crippen molar-refractivity contribution in [3.63, 3.8) is 0 Å². The molecule has 0 saturated heterocycles. The van der Waals surface area contributed by atoms with Gasteiger partial charge in [-0.2, -0.15) is 0 Å². The highest BCUT2D eigenvalue weighted by atomic mass is 35.5. The number of amides is 1. The minimum Gasteiger partial charge on any atom is -0.321 e. The topological polar surface area (TPSA) is 55.1 Å². The molecule has 3 nitrogen and oxygen atoms in total. The van der Waals surface area contributed by atoms with E-state index in [2.05, 4.69) is 17.2 Å². The number of rotatable bonds is 2. The predicted molar refractivity (Wildman–Crippen MR) is 89.1 cm³/mol. The van der Waals surface area contributed by atoms with Gasteiger partial charge in [-0.15, -0.1) is 11.3 Å². The highest BCUT2D eigenvalue weighted by molar-refractivity contribution is 7.14. The molecule has 1 aromatic heterocycles. The second-order valence-corrected chi connectivity index (χ2v) is 6.03. The Morgan fingerprint density at radius 2 is 2.10 bits per heavy atom. The lowest BCUT2D eigenvalue weighted by molar-refractivity contribution is 0.103. The SMILES string of the molecule is Cc1cc(Cl)ccc1NC(=O)c1cc(C)c(C#CCN)s1. The van der Waals surface area contributed by atoms with Crippen LogP contribution in [0, 0.1) is 25.7 Å². The fourth-order valence-corrected chi connectivity index (χ4v) is 2.97. The molecule has 0 aliphatic rings. The van der Waals surface area contributed by atoms with Crippen LogP contribution in [0.5, 0.6) is 0 Å². The van der Waals surface area contributed by atoms with Crippen molar-refractivity contribution >= 4 is 34.5 Å². The van der Waals surface area contributed by atoms with Gasteiger partial charge in [-0.3, -0.25) is 4.79 Å². The van der Waals surface area contributed by atoms with Crippen molar-refractivity contribution in [1.29, 1.82) is 0 Å². The molecule has 5 heteroatoms. The monoisotopic (exact) mass is 318 g/mol. The smallest absolute Gasteiger partial charge is 0.265 e. The molecule has 0 spiro atoms. The molecule has 21 heavy (non-hydrogen) atoms. The van der Waals surface area contributed by atoms with Crippen LogP contribution in [-0.2, 0) is 0 Å². The summed E-state index contributed by atoms with van der Waals surface area (Å²) < 4.78 is 0. The van der Waals surface area contributed by atoms with Gasteiger partial charge in [-0.25, -0.2) is 0 Å². The van der Waals surface area contributed by atoms with Crippen molar-refractivity contribution in [1.82, 2.24) is 0 Å². The van der Waals surface area contributed by atoms with Gasteiger partial charge in [0.15, 0.2) is 0 Å². The summed E-state index contributed by atoms with van der Waals surface area (Å²) in [4.78, 5) is 13.8. The molecule has 0 aliphatic carbocycles. The summed E-state index contributed by atoms with van der Waals surface area (Å²) in [6.45, 7) is 4.14. The number of hydrogen-bond donors (Lipinski definition) is 2. The first-order chi connectivity index (χ1) is 10.0. The van der Waals surface area contributed by atoms with E-state index in [9.17, 15) is 4.79 Å². The Morgan fingerprint density at radius 1 is 1.33 bits per heavy atom. The average molecular weight is 319 g/mol. The van der Waals surface area contributed by atoms with Crippen LogP contribution in [-0.4, -0.2) is 12.5 Å². The van der Waals surface area contributed by atoms with Gasteiger partial charge in [0.25, 0.3) is 5.91 Å². The number of anilines is 1. The maximum Gasteiger partial charge on any atom is 0.265 e. The molecule has 1 aromatic carbocycles. The number of nitrogens with one attached hydrogen (secondary N) is 1. The number of hydrogen-bond acceptors (Lipinski definition) is 3. The van der Waals surface area contributed by atoms with Crippen LogP contribution < -0.4 is 11.1 Å². The fraction of sp³-hybridized carbons (Fsp3) is 0.188. The summed E-state index contributed by atoms with van der Waals surface area (Å²) in [5.74, 6) is 5.64. The Bertz CT molecular complexity index is 740. The number of halogens is 1. The second kappa shape index (κ2) is 6.77. The highest BCUT2D eigenvalue weighted by Crippen LogP contribution is 2.24. The van der Waals surface area contributed by atoms with E-state index in [-0.39, 0.29) is 5.91 Å². The Kier molecular flexibility index (Phi) is 5.03. The maximum atomic E-state index is 12.3. The Labute approximate surface area is 133 Å². The van der Waals surface area contributed by atoms with E-state index in [1.165, 1.54) is 11.3 Å². The van der Waals surface area contributed by atoms with E-state index in [1.54, 1.807) is 12.1 Å². The lowest BCUT2D eigenvalue weighted by Crippen LogP contribution is -2.11.